The molecule has 0 aliphatic rings. The second-order valence-corrected chi connectivity index (χ2v) is 3.67. The highest BCUT2D eigenvalue weighted by molar-refractivity contribution is 5.30. The van der Waals surface area contributed by atoms with Crippen LogP contribution in [0.1, 0.15) is 11.3 Å². The van der Waals surface area contributed by atoms with Crippen molar-refractivity contribution in [2.45, 2.75) is 13.5 Å². The summed E-state index contributed by atoms with van der Waals surface area (Å²) in [5, 5.41) is 9.05. The predicted octanol–water partition coefficient (Wildman–Crippen LogP) is 2.81. The first kappa shape index (κ1) is 11.5. The maximum Gasteiger partial charge on any atom is 0.219 e. The molecular weight excluding hydrogens is 221 g/mol. The van der Waals surface area contributed by atoms with Gasteiger partial charge in [0.1, 0.15) is 11.6 Å². The summed E-state index contributed by atoms with van der Waals surface area (Å²) in [5.41, 5.74) is 1.45. The number of rotatable bonds is 3. The van der Waals surface area contributed by atoms with E-state index in [1.807, 2.05) is 0 Å². The van der Waals surface area contributed by atoms with Crippen LogP contribution in [-0.2, 0) is 6.61 Å². The van der Waals surface area contributed by atoms with Crippen LogP contribution in [0.2, 0.25) is 0 Å². The van der Waals surface area contributed by atoms with Crippen LogP contribution in [0.25, 0.3) is 0 Å². The molecule has 0 radical (unpaired) electrons. The standard InChI is InChI=1S/C13H12FNO2/c1-9-5-10(8-16)6-13(15-9)17-12-4-2-3-11(14)7-12/h2-7,16H,8H2,1H3. The van der Waals surface area contributed by atoms with E-state index in [2.05, 4.69) is 4.98 Å². The van der Waals surface area contributed by atoms with Gasteiger partial charge in [0.05, 0.1) is 6.61 Å². The first-order valence-electron chi connectivity index (χ1n) is 5.19. The largest absolute Gasteiger partial charge is 0.439 e. The van der Waals surface area contributed by atoms with E-state index in [0.717, 1.165) is 5.69 Å². The number of hydrogen-bond donors (Lipinski definition) is 1. The lowest BCUT2D eigenvalue weighted by atomic mass is 10.2. The van der Waals surface area contributed by atoms with Gasteiger partial charge in [-0.3, -0.25) is 0 Å². The minimum atomic E-state index is -0.363. The number of hydrogen-bond acceptors (Lipinski definition) is 3. The SMILES string of the molecule is Cc1cc(CO)cc(Oc2cccc(F)c2)n1. The van der Waals surface area contributed by atoms with E-state index >= 15 is 0 Å². The van der Waals surface area contributed by atoms with Crippen molar-refractivity contribution in [3.05, 3.63) is 53.5 Å². The van der Waals surface area contributed by atoms with Crippen LogP contribution in [-0.4, -0.2) is 10.1 Å². The topological polar surface area (TPSA) is 42.4 Å². The highest BCUT2D eigenvalue weighted by atomic mass is 19.1. The Morgan fingerprint density at radius 1 is 1.29 bits per heavy atom. The van der Waals surface area contributed by atoms with E-state index < -0.39 is 0 Å². The maximum absolute atomic E-state index is 13.0. The number of ether oxygens (including phenoxy) is 1. The second-order valence-electron chi connectivity index (χ2n) is 3.67. The van der Waals surface area contributed by atoms with E-state index in [4.69, 9.17) is 9.84 Å². The molecule has 0 aliphatic carbocycles. The molecule has 0 aliphatic heterocycles. The molecule has 1 N–H and O–H groups in total. The summed E-state index contributed by atoms with van der Waals surface area (Å²) in [4.78, 5) is 4.15. The highest BCUT2D eigenvalue weighted by Gasteiger charge is 2.03. The zero-order chi connectivity index (χ0) is 12.3. The molecule has 0 spiro atoms. The fourth-order valence-electron chi connectivity index (χ4n) is 1.50. The van der Waals surface area contributed by atoms with Crippen molar-refractivity contribution < 1.29 is 14.2 Å². The zero-order valence-electron chi connectivity index (χ0n) is 9.35. The molecular formula is C13H12FNO2. The fourth-order valence-corrected chi connectivity index (χ4v) is 1.50. The molecule has 0 fully saturated rings. The van der Waals surface area contributed by atoms with Crippen molar-refractivity contribution in [1.29, 1.82) is 0 Å². The number of halogens is 1. The molecule has 0 bridgehead atoms. The molecule has 1 aromatic carbocycles. The normalized spacial score (nSPS) is 10.3. The number of aromatic nitrogens is 1. The average molecular weight is 233 g/mol. The second kappa shape index (κ2) is 4.93. The molecule has 0 saturated carbocycles. The molecule has 4 heteroatoms. The van der Waals surface area contributed by atoms with Gasteiger partial charge in [-0.1, -0.05) is 6.07 Å². The van der Waals surface area contributed by atoms with Crippen molar-refractivity contribution in [1.82, 2.24) is 4.98 Å². The van der Waals surface area contributed by atoms with E-state index in [9.17, 15) is 4.39 Å². The molecule has 3 nitrogen and oxygen atoms in total. The van der Waals surface area contributed by atoms with Crippen LogP contribution >= 0.6 is 0 Å². The molecule has 88 valence electrons. The summed E-state index contributed by atoms with van der Waals surface area (Å²) in [6.07, 6.45) is 0. The molecule has 0 unspecified atom stereocenters. The summed E-state index contributed by atoms with van der Waals surface area (Å²) < 4.78 is 18.4. The molecule has 2 aromatic rings. The summed E-state index contributed by atoms with van der Waals surface area (Å²) >= 11 is 0. The van der Waals surface area contributed by atoms with Gasteiger partial charge in [0.15, 0.2) is 0 Å². The van der Waals surface area contributed by atoms with Gasteiger partial charge >= 0.3 is 0 Å². The number of aliphatic hydroxyl groups is 1. The van der Waals surface area contributed by atoms with Crippen molar-refractivity contribution in [3.8, 4) is 11.6 Å². The Labute approximate surface area is 98.5 Å². The molecule has 0 saturated heterocycles. The molecule has 0 amide bonds. The number of benzene rings is 1. The summed E-state index contributed by atoms with van der Waals surface area (Å²) in [7, 11) is 0. The van der Waals surface area contributed by atoms with Crippen molar-refractivity contribution in [3.63, 3.8) is 0 Å². The minimum Gasteiger partial charge on any atom is -0.439 e. The van der Waals surface area contributed by atoms with Crippen molar-refractivity contribution >= 4 is 0 Å². The number of aryl methyl sites for hydroxylation is 1. The Balaban J connectivity index is 2.26. The first-order chi connectivity index (χ1) is 8.17. The van der Waals surface area contributed by atoms with Crippen LogP contribution < -0.4 is 4.74 Å². The minimum absolute atomic E-state index is 0.0805. The van der Waals surface area contributed by atoms with Crippen LogP contribution in [0.3, 0.4) is 0 Å². The summed E-state index contributed by atoms with van der Waals surface area (Å²) in [6.45, 7) is 1.72. The van der Waals surface area contributed by atoms with Gasteiger partial charge in [-0.05, 0) is 30.7 Å². The van der Waals surface area contributed by atoms with Gasteiger partial charge < -0.3 is 9.84 Å². The fraction of sp³-hybridized carbons (Fsp3) is 0.154. The lowest BCUT2D eigenvalue weighted by molar-refractivity contribution is 0.281. The van der Waals surface area contributed by atoms with E-state index in [0.29, 0.717) is 17.2 Å². The van der Waals surface area contributed by atoms with Gasteiger partial charge in [-0.2, -0.15) is 0 Å². The Kier molecular flexibility index (Phi) is 3.35. The lowest BCUT2D eigenvalue weighted by Crippen LogP contribution is -1.94. The van der Waals surface area contributed by atoms with Gasteiger partial charge in [0, 0.05) is 17.8 Å². The van der Waals surface area contributed by atoms with Crippen LogP contribution in [0.5, 0.6) is 11.6 Å². The third-order valence-electron chi connectivity index (χ3n) is 2.19. The van der Waals surface area contributed by atoms with E-state index in [-0.39, 0.29) is 12.4 Å². The van der Waals surface area contributed by atoms with Crippen molar-refractivity contribution in [2.75, 3.05) is 0 Å². The van der Waals surface area contributed by atoms with Gasteiger partial charge in [0.25, 0.3) is 0 Å². The predicted molar refractivity (Wildman–Crippen MR) is 61.4 cm³/mol. The summed E-state index contributed by atoms with van der Waals surface area (Å²) in [5.74, 6) is 0.365. The van der Waals surface area contributed by atoms with Crippen molar-refractivity contribution in [2.24, 2.45) is 0 Å². The Bertz CT molecular complexity index is 529. The molecule has 2 rings (SSSR count). The monoisotopic (exact) mass is 233 g/mol. The maximum atomic E-state index is 13.0. The Morgan fingerprint density at radius 3 is 2.82 bits per heavy atom. The molecule has 0 atom stereocenters. The van der Waals surface area contributed by atoms with Crippen LogP contribution in [0.15, 0.2) is 36.4 Å². The van der Waals surface area contributed by atoms with Crippen LogP contribution in [0.4, 0.5) is 4.39 Å². The lowest BCUT2D eigenvalue weighted by Gasteiger charge is -2.07. The van der Waals surface area contributed by atoms with Gasteiger partial charge in [-0.15, -0.1) is 0 Å². The number of pyridine rings is 1. The number of nitrogens with zero attached hydrogens (tertiary/aromatic N) is 1. The Morgan fingerprint density at radius 2 is 2.12 bits per heavy atom. The Hall–Kier alpha value is -1.94. The van der Waals surface area contributed by atoms with Gasteiger partial charge in [-0.25, -0.2) is 9.37 Å². The van der Waals surface area contributed by atoms with E-state index in [1.54, 1.807) is 31.2 Å². The smallest absolute Gasteiger partial charge is 0.219 e. The number of aliphatic hydroxyl groups excluding tert-OH is 1. The van der Waals surface area contributed by atoms with Crippen LogP contribution in [0, 0.1) is 12.7 Å². The third kappa shape index (κ3) is 3.01. The zero-order valence-corrected chi connectivity index (χ0v) is 9.35. The summed E-state index contributed by atoms with van der Waals surface area (Å²) in [6, 6.07) is 9.22. The average Bonchev–Trinajstić information content (AvgIpc) is 2.28. The third-order valence-corrected chi connectivity index (χ3v) is 2.19. The molecule has 1 aromatic heterocycles. The molecule has 17 heavy (non-hydrogen) atoms. The highest BCUT2D eigenvalue weighted by Crippen LogP contribution is 2.21. The van der Waals surface area contributed by atoms with Gasteiger partial charge in [0.2, 0.25) is 5.88 Å². The van der Waals surface area contributed by atoms with E-state index in [1.165, 1.54) is 12.1 Å². The first-order valence-corrected chi connectivity index (χ1v) is 5.19. The quantitative estimate of drug-likeness (QED) is 0.886. The molecule has 1 heterocycles.